The molecule has 0 aromatic heterocycles. The van der Waals surface area contributed by atoms with Gasteiger partial charge in [0.05, 0.1) is 4.92 Å². The summed E-state index contributed by atoms with van der Waals surface area (Å²) >= 11 is 0. The third-order valence-electron chi connectivity index (χ3n) is 3.30. The first kappa shape index (κ1) is 14.6. The number of non-ortho nitro benzene ring substituents is 1. The van der Waals surface area contributed by atoms with Gasteiger partial charge in [-0.2, -0.15) is 0 Å². The molecular formula is C14H22N2O2. The summed E-state index contributed by atoms with van der Waals surface area (Å²) in [7, 11) is 0. The Balaban J connectivity index is 2.75. The van der Waals surface area contributed by atoms with E-state index in [0.717, 1.165) is 24.9 Å². The minimum Gasteiger partial charge on any atom is -0.310 e. The van der Waals surface area contributed by atoms with E-state index in [4.69, 9.17) is 0 Å². The largest absolute Gasteiger partial charge is 0.310 e. The molecule has 0 saturated carbocycles. The zero-order valence-electron chi connectivity index (χ0n) is 11.3. The van der Waals surface area contributed by atoms with Gasteiger partial charge in [-0.05, 0) is 24.4 Å². The molecule has 1 N–H and O–H groups in total. The summed E-state index contributed by atoms with van der Waals surface area (Å²) in [5.41, 5.74) is 1.16. The Kier molecular flexibility index (Phi) is 5.78. The van der Waals surface area contributed by atoms with E-state index < -0.39 is 0 Å². The fourth-order valence-corrected chi connectivity index (χ4v) is 1.84. The van der Waals surface area contributed by atoms with Gasteiger partial charge in [-0.25, -0.2) is 0 Å². The number of rotatable bonds is 7. The average Bonchev–Trinajstić information content (AvgIpc) is 2.39. The van der Waals surface area contributed by atoms with Gasteiger partial charge in [0.25, 0.3) is 5.69 Å². The Hall–Kier alpha value is -1.42. The van der Waals surface area contributed by atoms with Crippen molar-refractivity contribution < 1.29 is 4.92 Å². The second-order valence-corrected chi connectivity index (χ2v) is 4.73. The highest BCUT2D eigenvalue weighted by Gasteiger charge is 2.13. The van der Waals surface area contributed by atoms with Crippen molar-refractivity contribution in [3.05, 3.63) is 39.9 Å². The predicted octanol–water partition coefficient (Wildman–Crippen LogP) is 3.68. The maximum absolute atomic E-state index is 10.8. The van der Waals surface area contributed by atoms with Crippen molar-refractivity contribution in [1.82, 2.24) is 5.32 Å². The van der Waals surface area contributed by atoms with Crippen molar-refractivity contribution >= 4 is 5.69 Å². The lowest BCUT2D eigenvalue weighted by Gasteiger charge is -2.19. The molecule has 100 valence electrons. The smallest absolute Gasteiger partial charge is 0.269 e. The number of hydrogen-bond donors (Lipinski definition) is 1. The van der Waals surface area contributed by atoms with Crippen LogP contribution in [0.5, 0.6) is 0 Å². The van der Waals surface area contributed by atoms with Crippen LogP contribution in [0, 0.1) is 16.0 Å². The average molecular weight is 250 g/mol. The van der Waals surface area contributed by atoms with Gasteiger partial charge in [0.15, 0.2) is 0 Å². The molecule has 2 atom stereocenters. The quantitative estimate of drug-likeness (QED) is 0.593. The molecule has 1 aromatic carbocycles. The summed E-state index contributed by atoms with van der Waals surface area (Å²) in [5.74, 6) is 0.623. The summed E-state index contributed by atoms with van der Waals surface area (Å²) in [5, 5.41) is 14.2. The highest BCUT2D eigenvalue weighted by atomic mass is 16.6. The first-order chi connectivity index (χ1) is 8.58. The molecule has 4 nitrogen and oxygen atoms in total. The lowest BCUT2D eigenvalue weighted by Crippen LogP contribution is -2.25. The van der Waals surface area contributed by atoms with E-state index in [1.807, 2.05) is 6.07 Å². The Bertz CT molecular complexity index is 393. The molecule has 0 fully saturated rings. The van der Waals surface area contributed by atoms with Crippen molar-refractivity contribution in [3.63, 3.8) is 0 Å². The molecule has 0 spiro atoms. The molecule has 0 radical (unpaired) electrons. The van der Waals surface area contributed by atoms with E-state index in [1.165, 1.54) is 6.07 Å². The molecule has 0 aliphatic rings. The molecule has 1 aromatic rings. The normalized spacial score (nSPS) is 14.2. The third kappa shape index (κ3) is 4.11. The number of nitro benzene ring substituents is 1. The maximum Gasteiger partial charge on any atom is 0.269 e. The van der Waals surface area contributed by atoms with Crippen LogP contribution < -0.4 is 5.32 Å². The van der Waals surface area contributed by atoms with Gasteiger partial charge in [-0.3, -0.25) is 10.1 Å². The van der Waals surface area contributed by atoms with Crippen LogP contribution in [-0.4, -0.2) is 11.5 Å². The summed E-state index contributed by atoms with van der Waals surface area (Å²) in [6.45, 7) is 7.40. The first-order valence-corrected chi connectivity index (χ1v) is 6.56. The van der Waals surface area contributed by atoms with Gasteiger partial charge in [-0.1, -0.05) is 39.3 Å². The van der Waals surface area contributed by atoms with Crippen LogP contribution in [0.4, 0.5) is 5.69 Å². The Morgan fingerprint density at radius 1 is 1.33 bits per heavy atom. The Labute approximate surface area is 109 Å². The molecule has 0 bridgehead atoms. The highest BCUT2D eigenvalue weighted by Crippen LogP contribution is 2.21. The van der Waals surface area contributed by atoms with E-state index in [0.29, 0.717) is 5.92 Å². The number of hydrogen-bond acceptors (Lipinski definition) is 3. The predicted molar refractivity (Wildman–Crippen MR) is 73.6 cm³/mol. The highest BCUT2D eigenvalue weighted by molar-refractivity contribution is 5.35. The second kappa shape index (κ2) is 7.11. The number of nitrogens with zero attached hydrogens (tertiary/aromatic N) is 1. The molecule has 0 heterocycles. The van der Waals surface area contributed by atoms with Crippen LogP contribution in [0.15, 0.2) is 24.3 Å². The van der Waals surface area contributed by atoms with Crippen LogP contribution >= 0.6 is 0 Å². The van der Waals surface area contributed by atoms with Crippen LogP contribution in [0.25, 0.3) is 0 Å². The summed E-state index contributed by atoms with van der Waals surface area (Å²) in [4.78, 5) is 10.4. The molecule has 0 aliphatic heterocycles. The van der Waals surface area contributed by atoms with Gasteiger partial charge >= 0.3 is 0 Å². The van der Waals surface area contributed by atoms with Crippen molar-refractivity contribution in [2.24, 2.45) is 5.92 Å². The van der Waals surface area contributed by atoms with Crippen LogP contribution in [-0.2, 0) is 0 Å². The van der Waals surface area contributed by atoms with Crippen LogP contribution in [0.1, 0.15) is 45.2 Å². The van der Waals surface area contributed by atoms with E-state index in [2.05, 4.69) is 26.1 Å². The van der Waals surface area contributed by atoms with Crippen molar-refractivity contribution in [2.45, 2.75) is 39.7 Å². The molecular weight excluding hydrogens is 228 g/mol. The fraction of sp³-hybridized carbons (Fsp3) is 0.571. The second-order valence-electron chi connectivity index (χ2n) is 4.73. The minimum atomic E-state index is -0.342. The monoisotopic (exact) mass is 250 g/mol. The first-order valence-electron chi connectivity index (χ1n) is 6.56. The topological polar surface area (TPSA) is 55.2 Å². The summed E-state index contributed by atoms with van der Waals surface area (Å²) < 4.78 is 0. The molecule has 0 aliphatic carbocycles. The summed E-state index contributed by atoms with van der Waals surface area (Å²) in [6.07, 6.45) is 2.07. The molecule has 18 heavy (non-hydrogen) atoms. The molecule has 4 heteroatoms. The zero-order valence-corrected chi connectivity index (χ0v) is 11.3. The van der Waals surface area contributed by atoms with Crippen LogP contribution in [0.2, 0.25) is 0 Å². The van der Waals surface area contributed by atoms with Gasteiger partial charge in [0.1, 0.15) is 0 Å². The van der Waals surface area contributed by atoms with Crippen LogP contribution in [0.3, 0.4) is 0 Å². The molecule has 0 amide bonds. The molecule has 1 rings (SSSR count). The lowest BCUT2D eigenvalue weighted by atomic mass is 10.0. The van der Waals surface area contributed by atoms with Gasteiger partial charge in [0.2, 0.25) is 0 Å². The van der Waals surface area contributed by atoms with E-state index in [9.17, 15) is 10.1 Å². The lowest BCUT2D eigenvalue weighted by molar-refractivity contribution is -0.384. The Morgan fingerprint density at radius 3 is 2.61 bits per heavy atom. The third-order valence-corrected chi connectivity index (χ3v) is 3.30. The van der Waals surface area contributed by atoms with E-state index in [-0.39, 0.29) is 16.7 Å². The minimum absolute atomic E-state index is 0.163. The van der Waals surface area contributed by atoms with Crippen molar-refractivity contribution in [3.8, 4) is 0 Å². The Morgan fingerprint density at radius 2 is 2.06 bits per heavy atom. The standard InChI is InChI=1S/C14H22N2O2/c1-4-11(3)10-15-14(5-2)12-7-6-8-13(9-12)16(17)18/h6-9,11,14-15H,4-5,10H2,1-3H3. The van der Waals surface area contributed by atoms with E-state index in [1.54, 1.807) is 12.1 Å². The van der Waals surface area contributed by atoms with Crippen molar-refractivity contribution in [1.29, 1.82) is 0 Å². The SMILES string of the molecule is CCC(C)CNC(CC)c1cccc([N+](=O)[O-])c1. The number of nitrogens with one attached hydrogen (secondary N) is 1. The van der Waals surface area contributed by atoms with E-state index >= 15 is 0 Å². The van der Waals surface area contributed by atoms with Gasteiger partial charge < -0.3 is 5.32 Å². The maximum atomic E-state index is 10.8. The van der Waals surface area contributed by atoms with Gasteiger partial charge in [-0.15, -0.1) is 0 Å². The number of nitro groups is 1. The zero-order chi connectivity index (χ0) is 13.5. The number of benzene rings is 1. The van der Waals surface area contributed by atoms with Crippen molar-refractivity contribution in [2.75, 3.05) is 6.54 Å². The van der Waals surface area contributed by atoms with Gasteiger partial charge in [0, 0.05) is 18.2 Å². The fourth-order valence-electron chi connectivity index (χ4n) is 1.84. The molecule has 2 unspecified atom stereocenters. The molecule has 0 saturated heterocycles. The summed E-state index contributed by atoms with van der Waals surface area (Å²) in [6, 6.07) is 7.09.